The van der Waals surface area contributed by atoms with Crippen LogP contribution in [-0.4, -0.2) is 38.7 Å². The number of rotatable bonds is 7. The number of hydrogen-bond donors (Lipinski definition) is 0. The van der Waals surface area contributed by atoms with Crippen molar-refractivity contribution in [2.45, 2.75) is 13.3 Å². The van der Waals surface area contributed by atoms with Crippen molar-refractivity contribution in [2.24, 2.45) is 0 Å². The monoisotopic (exact) mass is 275 g/mol. The zero-order valence-corrected chi connectivity index (χ0v) is 11.4. The van der Waals surface area contributed by atoms with E-state index in [0.29, 0.717) is 12.2 Å². The Hall–Kier alpha value is -1.14. The van der Waals surface area contributed by atoms with Crippen molar-refractivity contribution in [3.8, 4) is 5.75 Å². The van der Waals surface area contributed by atoms with E-state index in [1.54, 1.807) is 12.1 Å². The van der Waals surface area contributed by atoms with Gasteiger partial charge in [0.05, 0.1) is 5.75 Å². The second kappa shape index (κ2) is 6.70. The highest BCUT2D eigenvalue weighted by atomic mass is 32.2. The van der Waals surface area contributed by atoms with E-state index >= 15 is 0 Å². The van der Waals surface area contributed by atoms with Crippen LogP contribution < -0.4 is 4.74 Å². The molecule has 102 valence electrons. The Morgan fingerprint density at radius 3 is 2.72 bits per heavy atom. The van der Waals surface area contributed by atoms with E-state index in [1.165, 1.54) is 23.5 Å². The third-order valence-electron chi connectivity index (χ3n) is 2.41. The summed E-state index contributed by atoms with van der Waals surface area (Å²) >= 11 is 0. The zero-order chi connectivity index (χ0) is 13.6. The summed E-state index contributed by atoms with van der Waals surface area (Å²) in [6.07, 6.45) is 0.581. The van der Waals surface area contributed by atoms with Crippen LogP contribution in [0.4, 0.5) is 4.39 Å². The van der Waals surface area contributed by atoms with Crippen LogP contribution in [0.15, 0.2) is 24.3 Å². The molecule has 1 aromatic rings. The van der Waals surface area contributed by atoms with Crippen LogP contribution in [-0.2, 0) is 10.0 Å². The van der Waals surface area contributed by atoms with Crippen LogP contribution in [0.25, 0.3) is 0 Å². The Morgan fingerprint density at radius 2 is 2.11 bits per heavy atom. The molecule has 1 aromatic carbocycles. The van der Waals surface area contributed by atoms with Gasteiger partial charge in [0.2, 0.25) is 10.0 Å². The van der Waals surface area contributed by atoms with Gasteiger partial charge in [0, 0.05) is 19.7 Å². The first-order chi connectivity index (χ1) is 8.45. The van der Waals surface area contributed by atoms with Crippen molar-refractivity contribution in [1.29, 1.82) is 0 Å². The molecule has 0 atom stereocenters. The predicted molar refractivity (Wildman–Crippen MR) is 68.6 cm³/mol. The van der Waals surface area contributed by atoms with Crippen molar-refractivity contribution >= 4 is 10.0 Å². The van der Waals surface area contributed by atoms with Gasteiger partial charge in [-0.05, 0) is 18.6 Å². The van der Waals surface area contributed by atoms with Gasteiger partial charge in [-0.3, -0.25) is 0 Å². The SMILES string of the molecule is CCCS(=O)(=O)N(C)CCOc1cccc(F)c1. The van der Waals surface area contributed by atoms with Gasteiger partial charge in [-0.2, -0.15) is 0 Å². The summed E-state index contributed by atoms with van der Waals surface area (Å²) in [5.74, 6) is 0.152. The first-order valence-corrected chi connectivity index (χ1v) is 7.39. The summed E-state index contributed by atoms with van der Waals surface area (Å²) in [7, 11) is -1.68. The normalized spacial score (nSPS) is 11.8. The Bertz CT molecular complexity index is 476. The molecule has 0 aromatic heterocycles. The fraction of sp³-hybridized carbons (Fsp3) is 0.500. The number of halogens is 1. The molecule has 1 rings (SSSR count). The van der Waals surface area contributed by atoms with Crippen LogP contribution in [0, 0.1) is 5.82 Å². The van der Waals surface area contributed by atoms with Gasteiger partial charge < -0.3 is 4.74 Å². The Labute approximate surface area is 107 Å². The van der Waals surface area contributed by atoms with Crippen molar-refractivity contribution in [2.75, 3.05) is 26.0 Å². The predicted octanol–water partition coefficient (Wildman–Crippen LogP) is 1.88. The fourth-order valence-electron chi connectivity index (χ4n) is 1.40. The minimum atomic E-state index is -3.19. The molecule has 0 saturated heterocycles. The van der Waals surface area contributed by atoms with Crippen LogP contribution in [0.5, 0.6) is 5.75 Å². The van der Waals surface area contributed by atoms with E-state index in [4.69, 9.17) is 4.74 Å². The highest BCUT2D eigenvalue weighted by Crippen LogP contribution is 2.11. The van der Waals surface area contributed by atoms with Gasteiger partial charge in [0.15, 0.2) is 0 Å². The molecule has 0 N–H and O–H groups in total. The summed E-state index contributed by atoms with van der Waals surface area (Å²) in [5, 5.41) is 0. The summed E-state index contributed by atoms with van der Waals surface area (Å²) in [4.78, 5) is 0. The molecule has 0 saturated carbocycles. The van der Waals surface area contributed by atoms with Gasteiger partial charge in [-0.25, -0.2) is 17.1 Å². The molecular formula is C12H18FNO3S. The maximum absolute atomic E-state index is 12.9. The molecule has 0 unspecified atom stereocenters. The fourth-order valence-corrected chi connectivity index (χ4v) is 2.58. The molecule has 0 spiro atoms. The maximum atomic E-state index is 12.9. The Kier molecular flexibility index (Phi) is 5.55. The smallest absolute Gasteiger partial charge is 0.213 e. The highest BCUT2D eigenvalue weighted by Gasteiger charge is 2.15. The lowest BCUT2D eigenvalue weighted by Crippen LogP contribution is -2.32. The molecule has 0 bridgehead atoms. The van der Waals surface area contributed by atoms with Crippen molar-refractivity contribution in [1.82, 2.24) is 4.31 Å². The molecule has 0 aliphatic heterocycles. The van der Waals surface area contributed by atoms with Crippen LogP contribution in [0.1, 0.15) is 13.3 Å². The molecule has 18 heavy (non-hydrogen) atoms. The summed E-state index contributed by atoms with van der Waals surface area (Å²) in [5.41, 5.74) is 0. The number of ether oxygens (including phenoxy) is 1. The summed E-state index contributed by atoms with van der Waals surface area (Å²) in [6.45, 7) is 2.26. The standard InChI is InChI=1S/C12H18FNO3S/c1-3-9-18(15,16)14(2)7-8-17-12-6-4-5-11(13)10-12/h4-6,10H,3,7-9H2,1-2H3. The third-order valence-corrected chi connectivity index (χ3v) is 4.46. The number of sulfonamides is 1. The molecule has 0 aliphatic rings. The van der Waals surface area contributed by atoms with Crippen molar-refractivity contribution in [3.63, 3.8) is 0 Å². The van der Waals surface area contributed by atoms with E-state index < -0.39 is 10.0 Å². The Morgan fingerprint density at radius 1 is 1.39 bits per heavy atom. The van der Waals surface area contributed by atoms with Crippen molar-refractivity contribution in [3.05, 3.63) is 30.1 Å². The van der Waals surface area contributed by atoms with Crippen molar-refractivity contribution < 1.29 is 17.5 Å². The molecular weight excluding hydrogens is 257 g/mol. The first-order valence-electron chi connectivity index (χ1n) is 5.78. The van der Waals surface area contributed by atoms with Gasteiger partial charge in [0.25, 0.3) is 0 Å². The van der Waals surface area contributed by atoms with E-state index in [2.05, 4.69) is 0 Å². The minimum absolute atomic E-state index is 0.128. The number of hydrogen-bond acceptors (Lipinski definition) is 3. The lowest BCUT2D eigenvalue weighted by molar-refractivity contribution is 0.285. The summed E-state index contributed by atoms with van der Waals surface area (Å²) in [6, 6.07) is 5.76. The first kappa shape index (κ1) is 14.9. The zero-order valence-electron chi connectivity index (χ0n) is 10.6. The number of likely N-dealkylation sites (N-methyl/N-ethyl adjacent to an activating group) is 1. The van der Waals surface area contributed by atoms with E-state index in [9.17, 15) is 12.8 Å². The van der Waals surface area contributed by atoms with E-state index in [1.807, 2.05) is 6.92 Å². The Balaban J connectivity index is 2.42. The van der Waals surface area contributed by atoms with Gasteiger partial charge in [-0.15, -0.1) is 0 Å². The van der Waals surface area contributed by atoms with E-state index in [-0.39, 0.29) is 24.7 Å². The summed E-state index contributed by atoms with van der Waals surface area (Å²) < 4.78 is 42.7. The van der Waals surface area contributed by atoms with Crippen LogP contribution in [0.3, 0.4) is 0 Å². The number of benzene rings is 1. The topological polar surface area (TPSA) is 46.6 Å². The second-order valence-electron chi connectivity index (χ2n) is 3.94. The molecule has 0 aliphatic carbocycles. The molecule has 0 radical (unpaired) electrons. The third kappa shape index (κ3) is 4.62. The maximum Gasteiger partial charge on any atom is 0.213 e. The van der Waals surface area contributed by atoms with Gasteiger partial charge in [-0.1, -0.05) is 13.0 Å². The lowest BCUT2D eigenvalue weighted by Gasteiger charge is -2.16. The molecule has 0 heterocycles. The highest BCUT2D eigenvalue weighted by molar-refractivity contribution is 7.89. The average Bonchev–Trinajstić information content (AvgIpc) is 2.28. The second-order valence-corrected chi connectivity index (χ2v) is 6.14. The molecule has 4 nitrogen and oxygen atoms in total. The molecule has 6 heteroatoms. The number of nitrogens with zero attached hydrogens (tertiary/aromatic N) is 1. The minimum Gasteiger partial charge on any atom is -0.492 e. The van der Waals surface area contributed by atoms with Crippen LogP contribution in [0.2, 0.25) is 0 Å². The van der Waals surface area contributed by atoms with Gasteiger partial charge >= 0.3 is 0 Å². The molecule has 0 amide bonds. The average molecular weight is 275 g/mol. The van der Waals surface area contributed by atoms with E-state index in [0.717, 1.165) is 0 Å². The van der Waals surface area contributed by atoms with Crippen LogP contribution >= 0.6 is 0 Å². The van der Waals surface area contributed by atoms with Gasteiger partial charge in [0.1, 0.15) is 18.2 Å². The lowest BCUT2D eigenvalue weighted by atomic mass is 10.3. The quantitative estimate of drug-likeness (QED) is 0.763. The molecule has 0 fully saturated rings. The largest absolute Gasteiger partial charge is 0.492 e.